The summed E-state index contributed by atoms with van der Waals surface area (Å²) in [6.07, 6.45) is 0. The summed E-state index contributed by atoms with van der Waals surface area (Å²) in [5.74, 6) is 0.0816. The third-order valence-electron chi connectivity index (χ3n) is 5.49. The van der Waals surface area contributed by atoms with Gasteiger partial charge in [-0.2, -0.15) is 0 Å². The van der Waals surface area contributed by atoms with Crippen molar-refractivity contribution in [2.45, 2.75) is 26.8 Å². The molecular formula is C25H23NO5S. The van der Waals surface area contributed by atoms with E-state index in [9.17, 15) is 14.7 Å². The number of methoxy groups -OCH3 is 1. The van der Waals surface area contributed by atoms with E-state index in [0.717, 1.165) is 10.4 Å². The summed E-state index contributed by atoms with van der Waals surface area (Å²) in [7, 11) is 1.58. The van der Waals surface area contributed by atoms with Crippen molar-refractivity contribution in [3.8, 4) is 17.1 Å². The number of fused-ring (bicyclic) bond motifs is 1. The highest BCUT2D eigenvalue weighted by Crippen LogP contribution is 2.39. The normalized spacial score (nSPS) is 12.0. The lowest BCUT2D eigenvalue weighted by Gasteiger charge is -2.18. The van der Waals surface area contributed by atoms with Crippen molar-refractivity contribution in [2.24, 2.45) is 0 Å². The topological polar surface area (TPSA) is 88.8 Å². The molecule has 0 bridgehead atoms. The number of ether oxygens (including phenoxy) is 1. The largest absolute Gasteiger partial charge is 0.496 e. The maximum Gasteiger partial charge on any atom is 0.337 e. The summed E-state index contributed by atoms with van der Waals surface area (Å²) in [5, 5.41) is 12.8. The van der Waals surface area contributed by atoms with Crippen molar-refractivity contribution in [3.05, 3.63) is 80.3 Å². The maximum atomic E-state index is 13.2. The minimum absolute atomic E-state index is 0.0790. The number of anilines is 1. The van der Waals surface area contributed by atoms with Crippen LogP contribution in [0.4, 0.5) is 5.69 Å². The van der Waals surface area contributed by atoms with Gasteiger partial charge >= 0.3 is 5.97 Å². The van der Waals surface area contributed by atoms with Gasteiger partial charge < -0.3 is 19.6 Å². The van der Waals surface area contributed by atoms with Crippen LogP contribution in [0.25, 0.3) is 21.6 Å². The number of carbonyl (C=O) groups is 1. The fraction of sp³-hybridized carbons (Fsp3) is 0.200. The molecule has 0 aliphatic heterocycles. The van der Waals surface area contributed by atoms with Gasteiger partial charge in [-0.3, -0.25) is 4.79 Å². The molecule has 0 amide bonds. The van der Waals surface area contributed by atoms with E-state index in [1.54, 1.807) is 38.3 Å². The number of aryl methyl sites for hydroxylation is 1. The van der Waals surface area contributed by atoms with Crippen LogP contribution in [0.5, 0.6) is 5.75 Å². The molecule has 164 valence electrons. The second-order valence-corrected chi connectivity index (χ2v) is 8.76. The first-order valence-corrected chi connectivity index (χ1v) is 10.9. The van der Waals surface area contributed by atoms with Gasteiger partial charge in [-0.1, -0.05) is 24.3 Å². The Morgan fingerprint density at radius 2 is 1.81 bits per heavy atom. The standard InChI is InChI=1S/C25H23NO5S/c1-13-21(27)24-23(31-22(13)17-10-6-8-12-19(17)30-4)20(15(3)32-24)14(2)26-18-11-7-5-9-16(18)25(28)29/h5-12,14,26H,1-4H3,(H,28,29). The summed E-state index contributed by atoms with van der Waals surface area (Å²) in [6.45, 7) is 5.62. The Morgan fingerprint density at radius 3 is 2.53 bits per heavy atom. The van der Waals surface area contributed by atoms with Crippen molar-refractivity contribution in [1.82, 2.24) is 0 Å². The molecule has 7 heteroatoms. The van der Waals surface area contributed by atoms with E-state index in [0.29, 0.717) is 38.6 Å². The molecule has 6 nitrogen and oxygen atoms in total. The minimum Gasteiger partial charge on any atom is -0.496 e. The fourth-order valence-corrected chi connectivity index (χ4v) is 5.11. The smallest absolute Gasteiger partial charge is 0.337 e. The molecule has 0 radical (unpaired) electrons. The Morgan fingerprint density at radius 1 is 1.12 bits per heavy atom. The number of thiophene rings is 1. The van der Waals surface area contributed by atoms with Gasteiger partial charge in [0.25, 0.3) is 0 Å². The Balaban J connectivity index is 1.88. The fourth-order valence-electron chi connectivity index (χ4n) is 3.93. The summed E-state index contributed by atoms with van der Waals surface area (Å²) in [6, 6.07) is 13.9. The van der Waals surface area contributed by atoms with Crippen LogP contribution in [0.15, 0.2) is 57.7 Å². The molecule has 0 saturated heterocycles. The Labute approximate surface area is 189 Å². The highest BCUT2D eigenvalue weighted by molar-refractivity contribution is 7.19. The molecule has 1 unspecified atom stereocenters. The van der Waals surface area contributed by atoms with E-state index in [-0.39, 0.29) is 17.0 Å². The lowest BCUT2D eigenvalue weighted by Crippen LogP contribution is -2.12. The SMILES string of the molecule is COc1ccccc1-c1oc2c(C(C)Nc3ccccc3C(=O)O)c(C)sc2c(=O)c1C. The summed E-state index contributed by atoms with van der Waals surface area (Å²) < 4.78 is 12.4. The molecule has 1 atom stereocenters. The Bertz CT molecular complexity index is 1390. The van der Waals surface area contributed by atoms with Crippen LogP contribution in [0.2, 0.25) is 0 Å². The van der Waals surface area contributed by atoms with Crippen molar-refractivity contribution in [1.29, 1.82) is 0 Å². The molecule has 0 aliphatic rings. The average Bonchev–Trinajstić information content (AvgIpc) is 3.12. The predicted octanol–water partition coefficient (Wildman–Crippen LogP) is 6.02. The molecule has 0 saturated carbocycles. The number of benzene rings is 2. The van der Waals surface area contributed by atoms with E-state index in [1.165, 1.54) is 11.3 Å². The van der Waals surface area contributed by atoms with E-state index >= 15 is 0 Å². The van der Waals surface area contributed by atoms with Crippen LogP contribution >= 0.6 is 11.3 Å². The molecule has 0 spiro atoms. The highest BCUT2D eigenvalue weighted by atomic mass is 32.1. The minimum atomic E-state index is -1.01. The zero-order chi connectivity index (χ0) is 23.0. The van der Waals surface area contributed by atoms with Crippen LogP contribution in [-0.2, 0) is 0 Å². The van der Waals surface area contributed by atoms with Crippen molar-refractivity contribution >= 4 is 33.3 Å². The molecule has 2 N–H and O–H groups in total. The van der Waals surface area contributed by atoms with E-state index in [4.69, 9.17) is 9.15 Å². The second-order valence-electron chi connectivity index (χ2n) is 7.53. The average molecular weight is 450 g/mol. The Kier molecular flexibility index (Phi) is 5.76. The van der Waals surface area contributed by atoms with Gasteiger partial charge in [0, 0.05) is 21.7 Å². The van der Waals surface area contributed by atoms with Crippen LogP contribution in [0.1, 0.15) is 39.3 Å². The predicted molar refractivity (Wildman–Crippen MR) is 127 cm³/mol. The quantitative estimate of drug-likeness (QED) is 0.374. The van der Waals surface area contributed by atoms with E-state index in [1.807, 2.05) is 38.1 Å². The number of hydrogen-bond donors (Lipinski definition) is 2. The number of aromatic carboxylic acids is 1. The van der Waals surface area contributed by atoms with Gasteiger partial charge in [0.05, 0.1) is 24.3 Å². The first-order valence-electron chi connectivity index (χ1n) is 10.1. The third kappa shape index (κ3) is 3.65. The number of carboxylic acid groups (broad SMARTS) is 1. The highest BCUT2D eigenvalue weighted by Gasteiger charge is 2.24. The number of nitrogens with one attached hydrogen (secondary N) is 1. The second kappa shape index (κ2) is 8.51. The van der Waals surface area contributed by atoms with Gasteiger partial charge in [0.1, 0.15) is 16.2 Å². The van der Waals surface area contributed by atoms with Crippen LogP contribution < -0.4 is 15.5 Å². The molecule has 0 aliphatic carbocycles. The molecule has 0 fully saturated rings. The van der Waals surface area contributed by atoms with E-state index in [2.05, 4.69) is 5.32 Å². The van der Waals surface area contributed by atoms with Crippen molar-refractivity contribution < 1.29 is 19.1 Å². The molecule has 4 aromatic rings. The first kappa shape index (κ1) is 21.6. The van der Waals surface area contributed by atoms with E-state index < -0.39 is 5.97 Å². The number of carboxylic acids is 1. The molecule has 2 aromatic carbocycles. The lowest BCUT2D eigenvalue weighted by molar-refractivity contribution is 0.0698. The lowest BCUT2D eigenvalue weighted by atomic mass is 10.0. The third-order valence-corrected chi connectivity index (χ3v) is 6.59. The number of hydrogen-bond acceptors (Lipinski definition) is 6. The molecular weight excluding hydrogens is 426 g/mol. The van der Waals surface area contributed by atoms with Gasteiger partial charge in [0.2, 0.25) is 5.43 Å². The molecule has 32 heavy (non-hydrogen) atoms. The maximum absolute atomic E-state index is 13.2. The van der Waals surface area contributed by atoms with Crippen LogP contribution in [-0.4, -0.2) is 18.2 Å². The summed E-state index contributed by atoms with van der Waals surface area (Å²) in [5.41, 5.74) is 3.18. The van der Waals surface area contributed by atoms with Crippen LogP contribution in [0.3, 0.4) is 0 Å². The molecule has 4 rings (SSSR count). The zero-order valence-electron chi connectivity index (χ0n) is 18.2. The molecule has 2 heterocycles. The Hall–Kier alpha value is -3.58. The van der Waals surface area contributed by atoms with Gasteiger partial charge in [-0.15, -0.1) is 11.3 Å². The first-order chi connectivity index (χ1) is 15.3. The van der Waals surface area contributed by atoms with Gasteiger partial charge in [0.15, 0.2) is 5.58 Å². The van der Waals surface area contributed by atoms with Gasteiger partial charge in [-0.05, 0) is 45.0 Å². The van der Waals surface area contributed by atoms with Crippen molar-refractivity contribution in [3.63, 3.8) is 0 Å². The van der Waals surface area contributed by atoms with Crippen LogP contribution in [0, 0.1) is 13.8 Å². The monoisotopic (exact) mass is 449 g/mol. The zero-order valence-corrected chi connectivity index (χ0v) is 19.0. The molecule has 2 aromatic heterocycles. The summed E-state index contributed by atoms with van der Waals surface area (Å²) in [4.78, 5) is 25.8. The van der Waals surface area contributed by atoms with Crippen molar-refractivity contribution in [2.75, 3.05) is 12.4 Å². The number of para-hydroxylation sites is 2. The number of rotatable bonds is 6. The summed E-state index contributed by atoms with van der Waals surface area (Å²) >= 11 is 1.39. The van der Waals surface area contributed by atoms with Gasteiger partial charge in [-0.25, -0.2) is 4.79 Å².